The Balaban J connectivity index is 2.00. The third-order valence-electron chi connectivity index (χ3n) is 3.31. The third kappa shape index (κ3) is 1.41. The quantitative estimate of drug-likeness (QED) is 0.558. The van der Waals surface area contributed by atoms with E-state index in [0.717, 1.165) is 24.7 Å². The molecule has 0 aromatic heterocycles. The molecular weight excluding hydrogens is 160 g/mol. The van der Waals surface area contributed by atoms with Gasteiger partial charge in [-0.25, -0.2) is 0 Å². The Hall–Kier alpha value is 0.250. The summed E-state index contributed by atoms with van der Waals surface area (Å²) in [5, 5.41) is 9.53. The lowest BCUT2D eigenvalue weighted by atomic mass is 9.80. The molecule has 2 saturated carbocycles. The molecule has 4 atom stereocenters. The lowest BCUT2D eigenvalue weighted by Crippen LogP contribution is -2.33. The van der Waals surface area contributed by atoms with E-state index in [2.05, 4.69) is 0 Å². The number of hydrogen-bond donors (Lipinski definition) is 1. The van der Waals surface area contributed by atoms with Crippen molar-refractivity contribution >= 4 is 11.6 Å². The highest BCUT2D eigenvalue weighted by molar-refractivity contribution is 6.21. The zero-order valence-corrected chi connectivity index (χ0v) is 7.43. The Kier molecular flexibility index (Phi) is 2.11. The van der Waals surface area contributed by atoms with Crippen molar-refractivity contribution in [3.63, 3.8) is 0 Å². The number of rotatable bonds is 0. The van der Waals surface area contributed by atoms with Crippen LogP contribution in [-0.2, 0) is 0 Å². The summed E-state index contributed by atoms with van der Waals surface area (Å²) in [5.74, 6) is 1.63. The predicted molar refractivity (Wildman–Crippen MR) is 45.7 cm³/mol. The maximum Gasteiger partial charge on any atom is 0.0706 e. The first kappa shape index (κ1) is 7.88. The maximum absolute atomic E-state index is 9.49. The van der Waals surface area contributed by atoms with Gasteiger partial charge in [0, 0.05) is 0 Å². The van der Waals surface area contributed by atoms with Gasteiger partial charge in [-0.15, -0.1) is 11.6 Å². The van der Waals surface area contributed by atoms with Gasteiger partial charge in [0.05, 0.1) is 11.5 Å². The molecule has 2 heteroatoms. The normalized spacial score (nSPS) is 50.7. The second-order valence-corrected chi connectivity index (χ2v) is 4.57. The van der Waals surface area contributed by atoms with Crippen LogP contribution in [0.2, 0.25) is 0 Å². The fourth-order valence-electron chi connectivity index (χ4n) is 2.64. The van der Waals surface area contributed by atoms with Crippen molar-refractivity contribution in [1.29, 1.82) is 0 Å². The van der Waals surface area contributed by atoms with E-state index in [0.29, 0.717) is 0 Å². The van der Waals surface area contributed by atoms with Crippen LogP contribution in [0.5, 0.6) is 0 Å². The van der Waals surface area contributed by atoms with Crippen molar-refractivity contribution in [2.45, 2.75) is 43.6 Å². The molecule has 64 valence electrons. The average molecular weight is 175 g/mol. The van der Waals surface area contributed by atoms with Crippen LogP contribution in [-0.4, -0.2) is 16.6 Å². The van der Waals surface area contributed by atoms with Crippen LogP contribution in [0, 0.1) is 11.8 Å². The SMILES string of the molecule is O[C@@H]1C[C@@H]2CCC[C@H]2C[C@@H]1Cl. The van der Waals surface area contributed by atoms with E-state index in [1.54, 1.807) is 0 Å². The molecule has 0 amide bonds. The number of alkyl halides is 1. The molecular formula is C9H15ClO. The first-order chi connectivity index (χ1) is 5.27. The van der Waals surface area contributed by atoms with E-state index in [1.165, 1.54) is 19.3 Å². The number of halogens is 1. The standard InChI is InChI=1S/C9H15ClO/c10-8-4-6-2-1-3-7(6)5-9(8)11/h6-9,11H,1-5H2/t6-,7-,8-,9+/m0/s1. The highest BCUT2D eigenvalue weighted by Crippen LogP contribution is 2.43. The van der Waals surface area contributed by atoms with Crippen LogP contribution in [0.1, 0.15) is 32.1 Å². The number of aliphatic hydroxyl groups is 1. The van der Waals surface area contributed by atoms with Gasteiger partial charge in [0.2, 0.25) is 0 Å². The van der Waals surface area contributed by atoms with E-state index in [4.69, 9.17) is 11.6 Å². The molecule has 2 aliphatic rings. The zero-order chi connectivity index (χ0) is 7.84. The molecule has 2 aliphatic carbocycles. The van der Waals surface area contributed by atoms with Crippen molar-refractivity contribution in [2.24, 2.45) is 11.8 Å². The predicted octanol–water partition coefficient (Wildman–Crippen LogP) is 2.16. The summed E-state index contributed by atoms with van der Waals surface area (Å²) in [6, 6.07) is 0. The van der Waals surface area contributed by atoms with Crippen molar-refractivity contribution < 1.29 is 5.11 Å². The molecule has 0 radical (unpaired) electrons. The molecule has 0 unspecified atom stereocenters. The first-order valence-corrected chi connectivity index (χ1v) is 5.03. The third-order valence-corrected chi connectivity index (χ3v) is 3.78. The molecule has 0 saturated heterocycles. The van der Waals surface area contributed by atoms with Crippen LogP contribution in [0.25, 0.3) is 0 Å². The molecule has 0 aromatic rings. The fourth-order valence-corrected chi connectivity index (χ4v) is 2.97. The van der Waals surface area contributed by atoms with Gasteiger partial charge in [-0.1, -0.05) is 19.3 Å². The summed E-state index contributed by atoms with van der Waals surface area (Å²) in [6.07, 6.45) is 5.81. The minimum absolute atomic E-state index is 0.0364. The minimum Gasteiger partial charge on any atom is -0.392 e. The van der Waals surface area contributed by atoms with Crippen molar-refractivity contribution in [3.05, 3.63) is 0 Å². The molecule has 0 aliphatic heterocycles. The Morgan fingerprint density at radius 2 is 1.73 bits per heavy atom. The van der Waals surface area contributed by atoms with E-state index < -0.39 is 0 Å². The number of fused-ring (bicyclic) bond motifs is 1. The number of hydrogen-bond acceptors (Lipinski definition) is 1. The van der Waals surface area contributed by atoms with E-state index in [-0.39, 0.29) is 11.5 Å². The van der Waals surface area contributed by atoms with Crippen molar-refractivity contribution in [2.75, 3.05) is 0 Å². The van der Waals surface area contributed by atoms with Gasteiger partial charge < -0.3 is 5.11 Å². The van der Waals surface area contributed by atoms with Crippen LogP contribution in [0.15, 0.2) is 0 Å². The van der Waals surface area contributed by atoms with E-state index >= 15 is 0 Å². The first-order valence-electron chi connectivity index (χ1n) is 4.59. The molecule has 1 N–H and O–H groups in total. The highest BCUT2D eigenvalue weighted by atomic mass is 35.5. The zero-order valence-electron chi connectivity index (χ0n) is 6.67. The molecule has 0 bridgehead atoms. The minimum atomic E-state index is -0.226. The summed E-state index contributed by atoms with van der Waals surface area (Å²) in [6.45, 7) is 0. The van der Waals surface area contributed by atoms with Crippen LogP contribution in [0.4, 0.5) is 0 Å². The fraction of sp³-hybridized carbons (Fsp3) is 1.00. The summed E-state index contributed by atoms with van der Waals surface area (Å²) < 4.78 is 0. The Morgan fingerprint density at radius 3 is 2.45 bits per heavy atom. The van der Waals surface area contributed by atoms with Crippen LogP contribution >= 0.6 is 11.6 Å². The van der Waals surface area contributed by atoms with Gasteiger partial charge in [0.25, 0.3) is 0 Å². The van der Waals surface area contributed by atoms with Gasteiger partial charge in [0.15, 0.2) is 0 Å². The summed E-state index contributed by atoms with van der Waals surface area (Å²) in [4.78, 5) is 0. The largest absolute Gasteiger partial charge is 0.392 e. The molecule has 1 nitrogen and oxygen atoms in total. The Morgan fingerprint density at radius 1 is 1.09 bits per heavy atom. The average Bonchev–Trinajstić information content (AvgIpc) is 2.36. The molecule has 0 heterocycles. The summed E-state index contributed by atoms with van der Waals surface area (Å²) >= 11 is 5.98. The molecule has 0 spiro atoms. The Bertz CT molecular complexity index is 132. The second kappa shape index (κ2) is 2.95. The highest BCUT2D eigenvalue weighted by Gasteiger charge is 2.37. The van der Waals surface area contributed by atoms with Gasteiger partial charge in [0.1, 0.15) is 0 Å². The molecule has 11 heavy (non-hydrogen) atoms. The molecule has 0 aromatic carbocycles. The Labute approximate surface area is 72.7 Å². The maximum atomic E-state index is 9.49. The van der Waals surface area contributed by atoms with E-state index in [9.17, 15) is 5.11 Å². The van der Waals surface area contributed by atoms with E-state index in [1.807, 2.05) is 0 Å². The smallest absolute Gasteiger partial charge is 0.0706 e. The lowest BCUT2D eigenvalue weighted by Gasteiger charge is -2.32. The van der Waals surface area contributed by atoms with Crippen LogP contribution < -0.4 is 0 Å². The topological polar surface area (TPSA) is 20.2 Å². The van der Waals surface area contributed by atoms with Gasteiger partial charge >= 0.3 is 0 Å². The second-order valence-electron chi connectivity index (χ2n) is 4.01. The molecule has 2 fully saturated rings. The molecule has 2 rings (SSSR count). The van der Waals surface area contributed by atoms with Gasteiger partial charge in [-0.2, -0.15) is 0 Å². The summed E-state index contributed by atoms with van der Waals surface area (Å²) in [5.41, 5.74) is 0. The summed E-state index contributed by atoms with van der Waals surface area (Å²) in [7, 11) is 0. The van der Waals surface area contributed by atoms with Gasteiger partial charge in [-0.3, -0.25) is 0 Å². The van der Waals surface area contributed by atoms with Crippen LogP contribution in [0.3, 0.4) is 0 Å². The lowest BCUT2D eigenvalue weighted by molar-refractivity contribution is 0.0848. The monoisotopic (exact) mass is 174 g/mol. The number of aliphatic hydroxyl groups excluding tert-OH is 1. The van der Waals surface area contributed by atoms with Crippen molar-refractivity contribution in [1.82, 2.24) is 0 Å². The van der Waals surface area contributed by atoms with Crippen molar-refractivity contribution in [3.8, 4) is 0 Å². The van der Waals surface area contributed by atoms with Gasteiger partial charge in [-0.05, 0) is 24.7 Å².